The number of ether oxygens (including phenoxy) is 2. The second-order valence-electron chi connectivity index (χ2n) is 29.9. The molecule has 1 aliphatic heterocycles. The minimum atomic E-state index is -2.47. The third-order valence-corrected chi connectivity index (χ3v) is 27.8. The maximum Gasteiger partial charge on any atom is 0.407 e. The molecule has 25 heteroatoms. The average molecular weight is 1510 g/mol. The normalized spacial score (nSPS) is 16.5. The number of para-hydroxylation sites is 1. The summed E-state index contributed by atoms with van der Waals surface area (Å²) in [7, 11) is 0.0998. The van der Waals surface area contributed by atoms with Crippen molar-refractivity contribution in [1.82, 2.24) is 46.7 Å². The highest BCUT2D eigenvalue weighted by Gasteiger charge is 2.49. The van der Waals surface area contributed by atoms with Crippen LogP contribution in [0.1, 0.15) is 120 Å². The van der Waals surface area contributed by atoms with Crippen molar-refractivity contribution in [3.63, 3.8) is 0 Å². The first kappa shape index (κ1) is 82.0. The molecule has 2 heterocycles. The number of thioether (sulfide) groups is 1. The summed E-state index contributed by atoms with van der Waals surface area (Å²) in [6, 6.07) is 44.2. The molecule has 0 saturated carbocycles. The predicted octanol–water partition coefficient (Wildman–Crippen LogP) is 9.62. The predicted molar refractivity (Wildman–Crippen MR) is 420 cm³/mol. The molecule has 2 aliphatic rings. The quantitative estimate of drug-likeness (QED) is 0.0106. The first-order valence-electron chi connectivity index (χ1n) is 37.0. The van der Waals surface area contributed by atoms with E-state index in [0.717, 1.165) is 54.7 Å². The van der Waals surface area contributed by atoms with Crippen LogP contribution in [-0.2, 0) is 68.2 Å². The van der Waals surface area contributed by atoms with Crippen molar-refractivity contribution >= 4 is 90.3 Å². The van der Waals surface area contributed by atoms with Crippen molar-refractivity contribution in [3.8, 4) is 11.1 Å². The van der Waals surface area contributed by atoms with Crippen LogP contribution in [0.4, 0.5) is 4.79 Å². The van der Waals surface area contributed by atoms with E-state index in [0.29, 0.717) is 18.4 Å². The van der Waals surface area contributed by atoms with Crippen LogP contribution in [-0.4, -0.2) is 171 Å². The fraction of sp³-hybridized carbons (Fsp3) is 0.422. The molecular formula is C83H104N10O13SSi. The fourth-order valence-corrected chi connectivity index (χ4v) is 16.9. The topological polar surface area (TPSA) is 319 Å². The Kier molecular flexibility index (Phi) is 27.8. The second-order valence-corrected chi connectivity index (χ2v) is 35.9. The molecule has 0 radical (unpaired) electrons. The van der Waals surface area contributed by atoms with Gasteiger partial charge < -0.3 is 66.3 Å². The highest BCUT2D eigenvalue weighted by atomic mass is 32.2. The molecule has 0 bridgehead atoms. The zero-order valence-electron chi connectivity index (χ0n) is 63.8. The van der Waals surface area contributed by atoms with Crippen LogP contribution in [0.3, 0.4) is 0 Å². The number of hydrogen-bond donors (Lipinski definition) is 8. The van der Waals surface area contributed by atoms with Crippen molar-refractivity contribution < 1.29 is 61.8 Å². The van der Waals surface area contributed by atoms with Gasteiger partial charge in [0.15, 0.2) is 8.32 Å². The number of nitrogens with two attached hydrogens (primary N) is 1. The number of esters is 1. The van der Waals surface area contributed by atoms with Crippen molar-refractivity contribution in [1.29, 1.82) is 0 Å². The van der Waals surface area contributed by atoms with Gasteiger partial charge in [-0.1, -0.05) is 226 Å². The minimum Gasteiger partial charge on any atom is -0.467 e. The molecule has 574 valence electrons. The Morgan fingerprint density at radius 2 is 1.19 bits per heavy atom. The van der Waals surface area contributed by atoms with Gasteiger partial charge in [-0.25, -0.2) is 9.59 Å². The van der Waals surface area contributed by atoms with Gasteiger partial charge in [-0.2, -0.15) is 0 Å². The van der Waals surface area contributed by atoms with Crippen LogP contribution in [0.2, 0.25) is 18.1 Å². The van der Waals surface area contributed by atoms with Gasteiger partial charge in [0.05, 0.1) is 37.5 Å². The number of aromatic nitrogens is 1. The van der Waals surface area contributed by atoms with E-state index < -0.39 is 146 Å². The number of methoxy groups -OCH3 is 1. The summed E-state index contributed by atoms with van der Waals surface area (Å²) in [5, 5.41) is 17.4. The number of benzene rings is 6. The zero-order chi connectivity index (χ0) is 78.2. The van der Waals surface area contributed by atoms with E-state index in [-0.39, 0.29) is 48.6 Å². The highest BCUT2D eigenvalue weighted by molar-refractivity contribution is 8.00. The van der Waals surface area contributed by atoms with Crippen LogP contribution in [0.25, 0.3) is 22.0 Å². The summed E-state index contributed by atoms with van der Waals surface area (Å²) in [6.45, 7) is 18.3. The monoisotopic (exact) mass is 1510 g/mol. The van der Waals surface area contributed by atoms with E-state index in [1.54, 1.807) is 13.1 Å². The number of hydrogen-bond acceptors (Lipinski definition) is 14. The maximum atomic E-state index is 15.3. The number of rotatable bonds is 34. The molecule has 10 atom stereocenters. The number of alkyl carbamates (subject to hydrolysis) is 1. The number of nitrogens with zero attached hydrogens (tertiary/aromatic N) is 2. The highest BCUT2D eigenvalue weighted by Crippen LogP contribution is 2.49. The summed E-state index contributed by atoms with van der Waals surface area (Å²) in [6.07, 6.45) is 0.739. The summed E-state index contributed by atoms with van der Waals surface area (Å²) in [4.78, 5) is 150. The molecule has 1 unspecified atom stereocenters. The zero-order valence-corrected chi connectivity index (χ0v) is 65.6. The molecule has 1 aliphatic carbocycles. The number of amides is 9. The molecule has 0 spiro atoms. The Morgan fingerprint density at radius 1 is 0.648 bits per heavy atom. The molecule has 9 N–H and O–H groups in total. The van der Waals surface area contributed by atoms with Gasteiger partial charge in [-0.3, -0.25) is 38.4 Å². The summed E-state index contributed by atoms with van der Waals surface area (Å²) in [5.74, 6) is -8.50. The number of primary amides is 1. The largest absolute Gasteiger partial charge is 0.467 e. The number of nitrogens with one attached hydrogen (secondary N) is 7. The van der Waals surface area contributed by atoms with Crippen LogP contribution >= 0.6 is 11.8 Å². The Bertz CT molecular complexity index is 4190. The third kappa shape index (κ3) is 19.6. The molecule has 9 rings (SSSR count). The van der Waals surface area contributed by atoms with Gasteiger partial charge in [0.2, 0.25) is 47.3 Å². The van der Waals surface area contributed by atoms with Crippen LogP contribution < -0.4 is 37.6 Å². The lowest BCUT2D eigenvalue weighted by Gasteiger charge is -2.38. The SMILES string of the molecule is CC[C@H](C)[C@H](C)[C@H](NC(=O)OCC1c2ccccc2-c2ccccc21)C(=O)NC(Cc1c[nH]c2ccccc12)C(=O)NCC(=O)N[C@H](C(=O)N(C)CC(=O)N[C@@H](CSC(c1ccccc1)(c1ccccc1)c1ccccc1)C(=O)N[C@@H](CC(N)=O)C(=O)N1C[C@H](O[Si](C)(C)C(C)(C)C)C[C@H]1C(=O)OC)[C@@H](C)CC. The van der Waals surface area contributed by atoms with E-state index in [2.05, 4.69) is 57.7 Å². The lowest BCUT2D eigenvalue weighted by molar-refractivity contribution is -0.152. The number of carbonyl (C=O) groups is 10. The number of fused-ring (bicyclic) bond motifs is 4. The summed E-state index contributed by atoms with van der Waals surface area (Å²) in [5.41, 5.74) is 13.9. The Morgan fingerprint density at radius 3 is 1.75 bits per heavy atom. The van der Waals surface area contributed by atoms with Crippen LogP contribution in [0, 0.1) is 17.8 Å². The number of likely N-dealkylation sites (tertiary alicyclic amines) is 1. The standard InChI is InChI=1S/C83H104N10O13SSi/c1-13-51(3)53(5)74(91-81(103)105-49-64-62-39-26-24-37-60(62)61-38-25-27-40-63(61)64)77(99)88-66(42-54-45-85-65-41-29-28-36-59(54)65)75(97)86-46-71(95)90-73(52(4)14-2)79(101)92(9)48-72(96)87-68(50-107-83(55-30-18-15-19-31-55,56-32-20-16-21-33-56)57-34-22-17-23-35-57)76(98)89-67(44-70(84)94)78(100)93-47-58(43-69(93)80(102)104-10)106-108(11,12)82(6,7)8/h15-41,45,51-53,58,64,66-69,73-74,85H,13-14,42-44,46-50H2,1-12H3,(H2,84,94)(H,86,97)(H,87,96)(H,88,99)(H,89,98)(H,90,95)(H,91,103)/t51-,52-,53-,58+,66?,67-,68-,69-,73-,74-/m0/s1. The van der Waals surface area contributed by atoms with Crippen molar-refractivity contribution in [2.45, 2.75) is 159 Å². The number of aromatic amines is 1. The molecule has 6 aromatic carbocycles. The maximum absolute atomic E-state index is 15.3. The number of likely N-dealkylation sites (N-methyl/N-ethyl adjacent to an activating group) is 1. The van der Waals surface area contributed by atoms with E-state index in [9.17, 15) is 43.2 Å². The summed E-state index contributed by atoms with van der Waals surface area (Å²) < 4.78 is 16.8. The number of H-pyrrole nitrogens is 1. The van der Waals surface area contributed by atoms with Gasteiger partial charge in [-0.15, -0.1) is 11.8 Å². The molecule has 1 fully saturated rings. The van der Waals surface area contributed by atoms with E-state index in [1.807, 2.05) is 205 Å². The first-order valence-corrected chi connectivity index (χ1v) is 40.9. The molecule has 1 aromatic heterocycles. The van der Waals surface area contributed by atoms with Crippen LogP contribution in [0.5, 0.6) is 0 Å². The summed E-state index contributed by atoms with van der Waals surface area (Å²) >= 11 is 1.32. The van der Waals surface area contributed by atoms with Crippen molar-refractivity contribution in [2.75, 3.05) is 46.2 Å². The lowest BCUT2D eigenvalue weighted by Crippen LogP contribution is -2.59. The second kappa shape index (κ2) is 36.7. The van der Waals surface area contributed by atoms with E-state index in [1.165, 1.54) is 30.8 Å². The van der Waals surface area contributed by atoms with Crippen LogP contribution in [0.15, 0.2) is 170 Å². The smallest absolute Gasteiger partial charge is 0.407 e. The first-order chi connectivity index (χ1) is 51.5. The van der Waals surface area contributed by atoms with Gasteiger partial charge in [0.1, 0.15) is 42.9 Å². The minimum absolute atomic E-state index is 0.00282. The Hall–Kier alpha value is -10.1. The molecule has 7 aromatic rings. The fourth-order valence-electron chi connectivity index (χ4n) is 14.0. The average Bonchev–Trinajstić information content (AvgIpc) is 1.08. The number of carbonyl (C=O) groups excluding carboxylic acids is 10. The molecule has 9 amide bonds. The van der Waals surface area contributed by atoms with Gasteiger partial charge >= 0.3 is 12.1 Å². The van der Waals surface area contributed by atoms with Gasteiger partial charge in [0.25, 0.3) is 0 Å². The van der Waals surface area contributed by atoms with Crippen molar-refractivity contribution in [3.05, 3.63) is 203 Å². The molecule has 23 nitrogen and oxygen atoms in total. The lowest BCUT2D eigenvalue weighted by atomic mass is 9.84. The van der Waals surface area contributed by atoms with Gasteiger partial charge in [0, 0.05) is 55.2 Å². The van der Waals surface area contributed by atoms with E-state index in [4.69, 9.17) is 19.6 Å². The Labute approximate surface area is 638 Å². The van der Waals surface area contributed by atoms with E-state index >= 15 is 4.79 Å². The third-order valence-electron chi connectivity index (χ3n) is 21.6. The Balaban J connectivity index is 0.929. The molecular weight excluding hydrogens is 1410 g/mol. The molecule has 1 saturated heterocycles. The molecule has 108 heavy (non-hydrogen) atoms. The van der Waals surface area contributed by atoms with Crippen molar-refractivity contribution in [2.24, 2.45) is 23.5 Å². The van der Waals surface area contributed by atoms with Gasteiger partial charge in [-0.05, 0) is 86.5 Å².